The third kappa shape index (κ3) is 2.96. The first-order chi connectivity index (χ1) is 7.06. The number of nitrogens with zero attached hydrogens (tertiary/aromatic N) is 1. The Morgan fingerprint density at radius 2 is 1.73 bits per heavy atom. The molecule has 2 N–H and O–H groups in total. The van der Waals surface area contributed by atoms with Crippen molar-refractivity contribution in [2.75, 3.05) is 18.5 Å². The third-order valence-electron chi connectivity index (χ3n) is 2.95. The number of nitrogens with two attached hydrogens (primary N) is 1. The zero-order chi connectivity index (χ0) is 11.4. The molecule has 0 aliphatic rings. The van der Waals surface area contributed by atoms with Crippen molar-refractivity contribution < 1.29 is 0 Å². The molecular formula is C13H22N2. The third-order valence-corrected chi connectivity index (χ3v) is 2.95. The second-order valence-corrected chi connectivity index (χ2v) is 4.49. The van der Waals surface area contributed by atoms with E-state index in [2.05, 4.69) is 57.0 Å². The van der Waals surface area contributed by atoms with E-state index in [9.17, 15) is 0 Å². The average Bonchev–Trinajstić information content (AvgIpc) is 2.19. The lowest BCUT2D eigenvalue weighted by atomic mass is 10.0. The summed E-state index contributed by atoms with van der Waals surface area (Å²) in [5.41, 5.74) is 8.33. The van der Waals surface area contributed by atoms with Crippen LogP contribution in [0.3, 0.4) is 0 Å². The molecule has 84 valence electrons. The van der Waals surface area contributed by atoms with E-state index >= 15 is 0 Å². The first-order valence-corrected chi connectivity index (χ1v) is 5.55. The lowest BCUT2D eigenvalue weighted by Crippen LogP contribution is -2.41. The fourth-order valence-electron chi connectivity index (χ4n) is 1.85. The Hall–Kier alpha value is -1.02. The predicted octanol–water partition coefficient (Wildman–Crippen LogP) is 2.41. The second-order valence-electron chi connectivity index (χ2n) is 4.49. The van der Waals surface area contributed by atoms with E-state index in [-0.39, 0.29) is 0 Å². The summed E-state index contributed by atoms with van der Waals surface area (Å²) < 4.78 is 0. The van der Waals surface area contributed by atoms with Crippen molar-refractivity contribution in [1.29, 1.82) is 0 Å². The zero-order valence-corrected chi connectivity index (χ0v) is 10.2. The van der Waals surface area contributed by atoms with Crippen LogP contribution in [0.5, 0.6) is 0 Å². The number of rotatable bonds is 4. The van der Waals surface area contributed by atoms with Gasteiger partial charge in [0.15, 0.2) is 0 Å². The molecule has 0 saturated heterocycles. The van der Waals surface area contributed by atoms with Gasteiger partial charge in [0.25, 0.3) is 0 Å². The zero-order valence-electron chi connectivity index (χ0n) is 10.2. The monoisotopic (exact) mass is 206 g/mol. The van der Waals surface area contributed by atoms with E-state index in [0.717, 1.165) is 0 Å². The highest BCUT2D eigenvalue weighted by Gasteiger charge is 2.16. The maximum atomic E-state index is 5.80. The van der Waals surface area contributed by atoms with Crippen LogP contribution in [0.1, 0.15) is 19.4 Å². The van der Waals surface area contributed by atoms with Gasteiger partial charge in [-0.05, 0) is 25.0 Å². The Morgan fingerprint density at radius 3 is 2.13 bits per heavy atom. The smallest absolute Gasteiger partial charge is 0.0431 e. The minimum Gasteiger partial charge on any atom is -0.370 e. The van der Waals surface area contributed by atoms with Gasteiger partial charge in [-0.1, -0.05) is 31.5 Å². The van der Waals surface area contributed by atoms with Gasteiger partial charge >= 0.3 is 0 Å². The Morgan fingerprint density at radius 1 is 1.20 bits per heavy atom. The van der Waals surface area contributed by atoms with Crippen LogP contribution in [0.15, 0.2) is 24.3 Å². The van der Waals surface area contributed by atoms with Crippen LogP contribution in [-0.2, 0) is 0 Å². The number of anilines is 1. The summed E-state index contributed by atoms with van der Waals surface area (Å²) in [5.74, 6) is 0.571. The van der Waals surface area contributed by atoms with Gasteiger partial charge in [-0.3, -0.25) is 0 Å². The number of aryl methyl sites for hydroxylation is 1. The van der Waals surface area contributed by atoms with Crippen molar-refractivity contribution in [1.82, 2.24) is 0 Å². The fraction of sp³-hybridized carbons (Fsp3) is 0.538. The maximum Gasteiger partial charge on any atom is 0.0431 e. The maximum absolute atomic E-state index is 5.80. The van der Waals surface area contributed by atoms with Crippen molar-refractivity contribution in [2.24, 2.45) is 11.7 Å². The Bertz CT molecular complexity index is 290. The number of likely N-dealkylation sites (N-methyl/N-ethyl adjacent to an activating group) is 1. The quantitative estimate of drug-likeness (QED) is 0.819. The molecule has 1 rings (SSSR count). The summed E-state index contributed by atoms with van der Waals surface area (Å²) in [6.45, 7) is 7.22. The number of benzene rings is 1. The first-order valence-electron chi connectivity index (χ1n) is 5.55. The molecule has 2 nitrogen and oxygen atoms in total. The molecule has 0 spiro atoms. The second kappa shape index (κ2) is 5.17. The van der Waals surface area contributed by atoms with Gasteiger partial charge in [0, 0.05) is 25.3 Å². The van der Waals surface area contributed by atoms with Gasteiger partial charge in [-0.2, -0.15) is 0 Å². The molecule has 0 saturated carbocycles. The van der Waals surface area contributed by atoms with Gasteiger partial charge in [0.2, 0.25) is 0 Å². The van der Waals surface area contributed by atoms with E-state index in [0.29, 0.717) is 18.5 Å². The topological polar surface area (TPSA) is 29.3 Å². The normalized spacial score (nSPS) is 12.9. The van der Waals surface area contributed by atoms with Gasteiger partial charge < -0.3 is 10.6 Å². The molecular weight excluding hydrogens is 184 g/mol. The molecule has 1 aromatic rings. The largest absolute Gasteiger partial charge is 0.370 e. The van der Waals surface area contributed by atoms with Crippen LogP contribution >= 0.6 is 0 Å². The molecule has 0 heterocycles. The molecule has 1 aromatic carbocycles. The van der Waals surface area contributed by atoms with Crippen molar-refractivity contribution in [3.8, 4) is 0 Å². The predicted molar refractivity (Wildman–Crippen MR) is 67.3 cm³/mol. The van der Waals surface area contributed by atoms with Crippen LogP contribution in [0.25, 0.3) is 0 Å². The van der Waals surface area contributed by atoms with E-state index in [1.54, 1.807) is 0 Å². The van der Waals surface area contributed by atoms with E-state index in [4.69, 9.17) is 5.73 Å². The van der Waals surface area contributed by atoms with Crippen LogP contribution in [0, 0.1) is 12.8 Å². The summed E-state index contributed by atoms with van der Waals surface area (Å²) in [6.07, 6.45) is 0. The summed E-state index contributed by atoms with van der Waals surface area (Å²) in [6, 6.07) is 8.99. The van der Waals surface area contributed by atoms with Crippen molar-refractivity contribution in [3.05, 3.63) is 29.8 Å². The summed E-state index contributed by atoms with van der Waals surface area (Å²) >= 11 is 0. The van der Waals surface area contributed by atoms with Gasteiger partial charge in [0.1, 0.15) is 0 Å². The molecule has 1 atom stereocenters. The molecule has 0 bridgehead atoms. The highest BCUT2D eigenvalue weighted by atomic mass is 15.1. The van der Waals surface area contributed by atoms with Gasteiger partial charge in [-0.25, -0.2) is 0 Å². The van der Waals surface area contributed by atoms with Crippen molar-refractivity contribution in [2.45, 2.75) is 26.8 Å². The summed E-state index contributed by atoms with van der Waals surface area (Å²) in [4.78, 5) is 2.27. The van der Waals surface area contributed by atoms with Crippen LogP contribution in [-0.4, -0.2) is 19.6 Å². The highest BCUT2D eigenvalue weighted by Crippen LogP contribution is 2.19. The first kappa shape index (κ1) is 12.1. The molecule has 0 radical (unpaired) electrons. The Balaban J connectivity index is 2.82. The Kier molecular flexibility index (Phi) is 4.15. The Labute approximate surface area is 93.1 Å². The summed E-state index contributed by atoms with van der Waals surface area (Å²) in [7, 11) is 2.11. The molecule has 0 amide bonds. The number of hydrogen-bond acceptors (Lipinski definition) is 2. The highest BCUT2D eigenvalue weighted by molar-refractivity contribution is 5.47. The molecule has 2 heteroatoms. The van der Waals surface area contributed by atoms with Crippen molar-refractivity contribution >= 4 is 5.69 Å². The van der Waals surface area contributed by atoms with Crippen LogP contribution < -0.4 is 10.6 Å². The minimum absolute atomic E-state index is 0.410. The molecule has 0 aromatic heterocycles. The standard InChI is InChI=1S/C13H22N2/c1-10(2)13(9-14)15(4)12-7-5-11(3)6-8-12/h5-8,10,13H,9,14H2,1-4H3. The molecule has 1 unspecified atom stereocenters. The molecule has 15 heavy (non-hydrogen) atoms. The van der Waals surface area contributed by atoms with E-state index in [1.165, 1.54) is 11.3 Å². The molecule has 0 aliphatic heterocycles. The average molecular weight is 206 g/mol. The lowest BCUT2D eigenvalue weighted by Gasteiger charge is -2.32. The number of hydrogen-bond donors (Lipinski definition) is 1. The molecule has 0 fully saturated rings. The SMILES string of the molecule is Cc1ccc(N(C)C(CN)C(C)C)cc1. The van der Waals surface area contributed by atoms with E-state index < -0.39 is 0 Å². The van der Waals surface area contributed by atoms with E-state index in [1.807, 2.05) is 0 Å². The van der Waals surface area contributed by atoms with Gasteiger partial charge in [0.05, 0.1) is 0 Å². The lowest BCUT2D eigenvalue weighted by molar-refractivity contribution is 0.480. The minimum atomic E-state index is 0.410. The summed E-state index contributed by atoms with van der Waals surface area (Å²) in [5, 5.41) is 0. The van der Waals surface area contributed by atoms with Crippen LogP contribution in [0.2, 0.25) is 0 Å². The fourth-order valence-corrected chi connectivity index (χ4v) is 1.85. The van der Waals surface area contributed by atoms with Crippen molar-refractivity contribution in [3.63, 3.8) is 0 Å². The van der Waals surface area contributed by atoms with Crippen LogP contribution in [0.4, 0.5) is 5.69 Å². The van der Waals surface area contributed by atoms with Gasteiger partial charge in [-0.15, -0.1) is 0 Å². The molecule has 0 aliphatic carbocycles.